The summed E-state index contributed by atoms with van der Waals surface area (Å²) in [5, 5.41) is 3.60. The van der Waals surface area contributed by atoms with Gasteiger partial charge in [0.15, 0.2) is 11.5 Å². The first-order valence-electron chi connectivity index (χ1n) is 7.12. The van der Waals surface area contributed by atoms with Gasteiger partial charge in [-0.05, 0) is 59.8 Å². The van der Waals surface area contributed by atoms with Crippen molar-refractivity contribution < 1.29 is 9.47 Å². The summed E-state index contributed by atoms with van der Waals surface area (Å²) in [6, 6.07) is 4.72. The first kappa shape index (κ1) is 15.4. The van der Waals surface area contributed by atoms with Crippen LogP contribution in [0.2, 0.25) is 0 Å². The zero-order valence-electron chi connectivity index (χ0n) is 12.1. The van der Waals surface area contributed by atoms with E-state index in [1.807, 2.05) is 13.0 Å². The van der Waals surface area contributed by atoms with Gasteiger partial charge in [-0.2, -0.15) is 0 Å². The van der Waals surface area contributed by atoms with Gasteiger partial charge in [-0.25, -0.2) is 0 Å². The van der Waals surface area contributed by atoms with Crippen LogP contribution in [0.3, 0.4) is 0 Å². The number of halogens is 1. The zero-order chi connectivity index (χ0) is 14.4. The Labute approximate surface area is 129 Å². The molecule has 4 heteroatoms. The van der Waals surface area contributed by atoms with Crippen molar-refractivity contribution in [3.63, 3.8) is 0 Å². The smallest absolute Gasteiger partial charge is 0.175 e. The van der Waals surface area contributed by atoms with Crippen LogP contribution in [0.5, 0.6) is 11.5 Å². The molecule has 0 spiro atoms. The molecule has 1 N–H and O–H groups in total. The minimum Gasteiger partial charge on any atom is -0.493 e. The molecule has 3 nitrogen and oxygen atoms in total. The Balaban J connectivity index is 2.04. The summed E-state index contributed by atoms with van der Waals surface area (Å²) < 4.78 is 12.0. The summed E-state index contributed by atoms with van der Waals surface area (Å²) in [5.74, 6) is 1.56. The summed E-state index contributed by atoms with van der Waals surface area (Å²) in [6.45, 7) is 3.44. The maximum atomic E-state index is 5.61. The second-order valence-corrected chi connectivity index (χ2v) is 5.76. The van der Waals surface area contributed by atoms with E-state index in [2.05, 4.69) is 39.5 Å². The molecule has 1 atom stereocenters. The van der Waals surface area contributed by atoms with E-state index in [-0.39, 0.29) is 0 Å². The van der Waals surface area contributed by atoms with E-state index in [0.29, 0.717) is 12.6 Å². The fraction of sp³-hybridized carbons (Fsp3) is 0.500. The van der Waals surface area contributed by atoms with Gasteiger partial charge in [0, 0.05) is 12.6 Å². The molecule has 110 valence electrons. The number of ether oxygens (including phenoxy) is 2. The lowest BCUT2D eigenvalue weighted by atomic mass is 10.0. The predicted molar refractivity (Wildman–Crippen MR) is 85.5 cm³/mol. The molecule has 1 aliphatic rings. The third-order valence-electron chi connectivity index (χ3n) is 3.44. The van der Waals surface area contributed by atoms with E-state index >= 15 is 0 Å². The topological polar surface area (TPSA) is 30.5 Å². The number of methoxy groups -OCH3 is 1. The van der Waals surface area contributed by atoms with Crippen LogP contribution in [0.1, 0.15) is 31.7 Å². The van der Waals surface area contributed by atoms with Gasteiger partial charge in [0.1, 0.15) is 0 Å². The second-order valence-electron chi connectivity index (χ2n) is 4.90. The molecular formula is C16H22BrNO2. The van der Waals surface area contributed by atoms with Gasteiger partial charge in [0.2, 0.25) is 0 Å². The lowest BCUT2D eigenvalue weighted by molar-refractivity contribution is 0.308. The van der Waals surface area contributed by atoms with E-state index in [4.69, 9.17) is 9.47 Å². The molecule has 1 unspecified atom stereocenters. The summed E-state index contributed by atoms with van der Waals surface area (Å²) in [7, 11) is 1.67. The predicted octanol–water partition coefficient (Wildman–Crippen LogP) is 4.05. The molecule has 0 aromatic heterocycles. The zero-order valence-corrected chi connectivity index (χ0v) is 13.7. The third-order valence-corrected chi connectivity index (χ3v) is 4.03. The van der Waals surface area contributed by atoms with Crippen LogP contribution in [0.15, 0.2) is 28.8 Å². The molecule has 20 heavy (non-hydrogen) atoms. The number of rotatable bonds is 6. The quantitative estimate of drug-likeness (QED) is 0.793. The Morgan fingerprint density at radius 3 is 2.85 bits per heavy atom. The van der Waals surface area contributed by atoms with Crippen molar-refractivity contribution in [3.05, 3.63) is 34.3 Å². The molecule has 0 bridgehead atoms. The number of hydrogen-bond donors (Lipinski definition) is 1. The SMILES string of the molecule is CCOc1c(Br)cc(CNC2CC=CCC2)cc1OC. The monoisotopic (exact) mass is 339 g/mol. The molecule has 0 fully saturated rings. The first-order valence-corrected chi connectivity index (χ1v) is 7.91. The Morgan fingerprint density at radius 2 is 2.20 bits per heavy atom. The molecule has 0 amide bonds. The molecule has 0 aliphatic heterocycles. The lowest BCUT2D eigenvalue weighted by Crippen LogP contribution is -2.29. The Hall–Kier alpha value is -1.00. The van der Waals surface area contributed by atoms with Crippen molar-refractivity contribution in [1.82, 2.24) is 5.32 Å². The summed E-state index contributed by atoms with van der Waals surface area (Å²) in [6.07, 6.45) is 8.03. The van der Waals surface area contributed by atoms with E-state index < -0.39 is 0 Å². The van der Waals surface area contributed by atoms with Gasteiger partial charge in [-0.15, -0.1) is 0 Å². The van der Waals surface area contributed by atoms with Gasteiger partial charge in [-0.1, -0.05) is 12.2 Å². The molecule has 0 radical (unpaired) electrons. The summed E-state index contributed by atoms with van der Waals surface area (Å²) >= 11 is 3.56. The van der Waals surface area contributed by atoms with Crippen LogP contribution in [-0.4, -0.2) is 19.8 Å². The number of benzene rings is 1. The maximum Gasteiger partial charge on any atom is 0.175 e. The summed E-state index contributed by atoms with van der Waals surface area (Å²) in [4.78, 5) is 0. The Bertz CT molecular complexity index is 474. The van der Waals surface area contributed by atoms with Crippen molar-refractivity contribution >= 4 is 15.9 Å². The lowest BCUT2D eigenvalue weighted by Gasteiger charge is -2.20. The van der Waals surface area contributed by atoms with Crippen molar-refractivity contribution in [3.8, 4) is 11.5 Å². The molecule has 1 aromatic carbocycles. The van der Waals surface area contributed by atoms with E-state index in [1.54, 1.807) is 7.11 Å². The fourth-order valence-electron chi connectivity index (χ4n) is 2.40. The maximum absolute atomic E-state index is 5.61. The summed E-state index contributed by atoms with van der Waals surface area (Å²) in [5.41, 5.74) is 1.20. The number of nitrogens with one attached hydrogen (secondary N) is 1. The largest absolute Gasteiger partial charge is 0.493 e. The van der Waals surface area contributed by atoms with Crippen LogP contribution in [0.25, 0.3) is 0 Å². The van der Waals surface area contributed by atoms with Gasteiger partial charge >= 0.3 is 0 Å². The molecule has 0 saturated heterocycles. The van der Waals surface area contributed by atoms with Gasteiger partial charge < -0.3 is 14.8 Å². The van der Waals surface area contributed by atoms with Crippen LogP contribution >= 0.6 is 15.9 Å². The molecular weight excluding hydrogens is 318 g/mol. The molecule has 1 aromatic rings. The van der Waals surface area contributed by atoms with E-state index in [0.717, 1.165) is 28.9 Å². The second kappa shape index (κ2) is 7.70. The minimum absolute atomic E-state index is 0.580. The Morgan fingerprint density at radius 1 is 1.35 bits per heavy atom. The highest BCUT2D eigenvalue weighted by Gasteiger charge is 2.13. The van der Waals surface area contributed by atoms with Crippen LogP contribution in [0.4, 0.5) is 0 Å². The molecule has 0 saturated carbocycles. The standard InChI is InChI=1S/C16H22BrNO2/c1-3-20-16-14(17)9-12(10-15(16)19-2)11-18-13-7-5-4-6-8-13/h4-5,9-10,13,18H,3,6-8,11H2,1-2H3. The highest BCUT2D eigenvalue weighted by atomic mass is 79.9. The van der Waals surface area contributed by atoms with Crippen LogP contribution in [-0.2, 0) is 6.54 Å². The van der Waals surface area contributed by atoms with Gasteiger partial charge in [0.25, 0.3) is 0 Å². The molecule has 1 aliphatic carbocycles. The van der Waals surface area contributed by atoms with Crippen LogP contribution < -0.4 is 14.8 Å². The van der Waals surface area contributed by atoms with Crippen LogP contribution in [0, 0.1) is 0 Å². The molecule has 2 rings (SSSR count). The average molecular weight is 340 g/mol. The Kier molecular flexibility index (Phi) is 5.92. The number of allylic oxidation sites excluding steroid dienone is 1. The average Bonchev–Trinajstić information content (AvgIpc) is 2.48. The van der Waals surface area contributed by atoms with Crippen molar-refractivity contribution in [1.29, 1.82) is 0 Å². The van der Waals surface area contributed by atoms with Crippen molar-refractivity contribution in [2.75, 3.05) is 13.7 Å². The minimum atomic E-state index is 0.580. The molecule has 0 heterocycles. The normalized spacial score (nSPS) is 18.1. The first-order chi connectivity index (χ1) is 9.74. The van der Waals surface area contributed by atoms with Crippen molar-refractivity contribution in [2.24, 2.45) is 0 Å². The van der Waals surface area contributed by atoms with Gasteiger partial charge in [-0.3, -0.25) is 0 Å². The fourth-order valence-corrected chi connectivity index (χ4v) is 3.00. The van der Waals surface area contributed by atoms with E-state index in [9.17, 15) is 0 Å². The van der Waals surface area contributed by atoms with Gasteiger partial charge in [0.05, 0.1) is 18.2 Å². The van der Waals surface area contributed by atoms with E-state index in [1.165, 1.54) is 18.4 Å². The highest BCUT2D eigenvalue weighted by Crippen LogP contribution is 2.36. The number of hydrogen-bond acceptors (Lipinski definition) is 3. The van der Waals surface area contributed by atoms with Crippen molar-refractivity contribution in [2.45, 2.75) is 38.8 Å². The highest BCUT2D eigenvalue weighted by molar-refractivity contribution is 9.10. The third kappa shape index (κ3) is 4.00.